The molecule has 2 saturated carbocycles. The summed E-state index contributed by atoms with van der Waals surface area (Å²) in [6.45, 7) is 3.59. The van der Waals surface area contributed by atoms with Crippen LogP contribution in [0.15, 0.2) is 18.2 Å². The van der Waals surface area contributed by atoms with Gasteiger partial charge in [0.2, 0.25) is 0 Å². The molecular weight excluding hydrogens is 304 g/mol. The standard InChI is InChI=1S/C20H26O4/c1-11(21)24-18-10-17-16-5-3-12-9-13(22)4-6-14(12)15(16)7-8-20(17,2)19(18)23/h4,6,9,15-19,22-23H,3,5,7-8,10H2,1-2H3/t15-,16-,17+,18-,19+,20+/m1/s1. The van der Waals surface area contributed by atoms with E-state index < -0.39 is 6.10 Å². The molecule has 3 aliphatic carbocycles. The Kier molecular flexibility index (Phi) is 3.64. The highest BCUT2D eigenvalue weighted by Crippen LogP contribution is 2.61. The van der Waals surface area contributed by atoms with Gasteiger partial charge in [0.05, 0.1) is 6.10 Å². The Labute approximate surface area is 142 Å². The van der Waals surface area contributed by atoms with Crippen LogP contribution in [0.5, 0.6) is 5.75 Å². The maximum atomic E-state index is 11.4. The van der Waals surface area contributed by atoms with Crippen LogP contribution in [0.2, 0.25) is 0 Å². The molecule has 3 aliphatic rings. The van der Waals surface area contributed by atoms with Gasteiger partial charge in [0.15, 0.2) is 0 Å². The zero-order valence-electron chi connectivity index (χ0n) is 14.4. The molecule has 0 radical (unpaired) electrons. The van der Waals surface area contributed by atoms with Crippen molar-refractivity contribution in [3.05, 3.63) is 29.3 Å². The van der Waals surface area contributed by atoms with Gasteiger partial charge in [-0.15, -0.1) is 0 Å². The summed E-state index contributed by atoms with van der Waals surface area (Å²) in [4.78, 5) is 11.4. The highest BCUT2D eigenvalue weighted by atomic mass is 16.6. The van der Waals surface area contributed by atoms with Gasteiger partial charge < -0.3 is 14.9 Å². The van der Waals surface area contributed by atoms with Crippen LogP contribution in [0.1, 0.15) is 56.6 Å². The molecule has 0 bridgehead atoms. The molecule has 1 aromatic rings. The second-order valence-electron chi connectivity index (χ2n) is 8.17. The lowest BCUT2D eigenvalue weighted by Gasteiger charge is -2.49. The van der Waals surface area contributed by atoms with E-state index in [1.54, 1.807) is 6.07 Å². The molecule has 4 heteroatoms. The summed E-state index contributed by atoms with van der Waals surface area (Å²) in [6.07, 6.45) is 3.92. The van der Waals surface area contributed by atoms with E-state index >= 15 is 0 Å². The fourth-order valence-corrected chi connectivity index (χ4v) is 5.86. The van der Waals surface area contributed by atoms with E-state index in [0.29, 0.717) is 23.5 Å². The normalized spacial score (nSPS) is 40.4. The van der Waals surface area contributed by atoms with Crippen LogP contribution in [0, 0.1) is 17.3 Å². The summed E-state index contributed by atoms with van der Waals surface area (Å²) >= 11 is 0. The molecule has 0 heterocycles. The third kappa shape index (κ3) is 2.26. The van der Waals surface area contributed by atoms with Crippen molar-refractivity contribution in [3.63, 3.8) is 0 Å². The predicted molar refractivity (Wildman–Crippen MR) is 89.7 cm³/mol. The van der Waals surface area contributed by atoms with Crippen molar-refractivity contribution in [1.29, 1.82) is 0 Å². The number of phenolic OH excluding ortho intramolecular Hbond substituents is 1. The van der Waals surface area contributed by atoms with Crippen LogP contribution in [0.3, 0.4) is 0 Å². The van der Waals surface area contributed by atoms with E-state index in [-0.39, 0.29) is 17.5 Å². The van der Waals surface area contributed by atoms with E-state index in [2.05, 4.69) is 13.0 Å². The Morgan fingerprint density at radius 3 is 2.88 bits per heavy atom. The zero-order chi connectivity index (χ0) is 17.1. The Balaban J connectivity index is 1.65. The monoisotopic (exact) mass is 330 g/mol. The molecule has 0 unspecified atom stereocenters. The Bertz CT molecular complexity index is 670. The minimum Gasteiger partial charge on any atom is -0.508 e. The summed E-state index contributed by atoms with van der Waals surface area (Å²) < 4.78 is 5.42. The number of esters is 1. The Morgan fingerprint density at radius 2 is 2.12 bits per heavy atom. The first-order valence-electron chi connectivity index (χ1n) is 9.07. The van der Waals surface area contributed by atoms with Gasteiger partial charge in [-0.05, 0) is 73.1 Å². The maximum absolute atomic E-state index is 11.4. The van der Waals surface area contributed by atoms with Gasteiger partial charge in [0, 0.05) is 12.3 Å². The predicted octanol–water partition coefficient (Wildman–Crippen LogP) is 3.15. The van der Waals surface area contributed by atoms with Crippen molar-refractivity contribution in [2.24, 2.45) is 17.3 Å². The molecule has 130 valence electrons. The van der Waals surface area contributed by atoms with Crippen molar-refractivity contribution in [2.75, 3.05) is 0 Å². The number of aliphatic hydroxyl groups is 1. The lowest BCUT2D eigenvalue weighted by atomic mass is 9.55. The number of aliphatic hydroxyl groups excluding tert-OH is 1. The first-order chi connectivity index (χ1) is 11.4. The molecule has 2 fully saturated rings. The van der Waals surface area contributed by atoms with Crippen molar-refractivity contribution in [1.82, 2.24) is 0 Å². The maximum Gasteiger partial charge on any atom is 0.302 e. The molecule has 0 saturated heterocycles. The van der Waals surface area contributed by atoms with Crippen molar-refractivity contribution < 1.29 is 19.7 Å². The van der Waals surface area contributed by atoms with Crippen molar-refractivity contribution in [3.8, 4) is 5.75 Å². The molecule has 2 N–H and O–H groups in total. The van der Waals surface area contributed by atoms with Crippen LogP contribution < -0.4 is 0 Å². The van der Waals surface area contributed by atoms with E-state index in [1.807, 2.05) is 6.07 Å². The largest absolute Gasteiger partial charge is 0.508 e. The van der Waals surface area contributed by atoms with Crippen LogP contribution in [-0.2, 0) is 16.0 Å². The summed E-state index contributed by atoms with van der Waals surface area (Å²) in [6, 6.07) is 5.78. The molecule has 0 spiro atoms. The van der Waals surface area contributed by atoms with Gasteiger partial charge in [-0.3, -0.25) is 4.79 Å². The van der Waals surface area contributed by atoms with Crippen molar-refractivity contribution in [2.45, 2.75) is 64.1 Å². The van der Waals surface area contributed by atoms with E-state index in [1.165, 1.54) is 18.1 Å². The number of rotatable bonds is 1. The van der Waals surface area contributed by atoms with Crippen LogP contribution in [0.4, 0.5) is 0 Å². The van der Waals surface area contributed by atoms with Gasteiger partial charge in [-0.2, -0.15) is 0 Å². The molecule has 0 amide bonds. The lowest BCUT2D eigenvalue weighted by Crippen LogP contribution is -2.45. The fraction of sp³-hybridized carbons (Fsp3) is 0.650. The fourth-order valence-electron chi connectivity index (χ4n) is 5.86. The van der Waals surface area contributed by atoms with E-state index in [9.17, 15) is 15.0 Å². The molecule has 24 heavy (non-hydrogen) atoms. The highest BCUT2D eigenvalue weighted by Gasteiger charge is 2.59. The van der Waals surface area contributed by atoms with Gasteiger partial charge in [-0.1, -0.05) is 13.0 Å². The summed E-state index contributed by atoms with van der Waals surface area (Å²) in [5.74, 6) is 1.45. The number of benzene rings is 1. The number of hydrogen-bond acceptors (Lipinski definition) is 4. The molecule has 0 aromatic heterocycles. The van der Waals surface area contributed by atoms with Crippen LogP contribution in [-0.4, -0.2) is 28.4 Å². The second kappa shape index (κ2) is 5.48. The van der Waals surface area contributed by atoms with Gasteiger partial charge >= 0.3 is 5.97 Å². The quantitative estimate of drug-likeness (QED) is 0.776. The number of aryl methyl sites for hydroxylation is 1. The molecule has 0 aliphatic heterocycles. The number of carbonyl (C=O) groups excluding carboxylic acids is 1. The number of phenols is 1. The number of aromatic hydroxyl groups is 1. The van der Waals surface area contributed by atoms with E-state index in [0.717, 1.165) is 32.1 Å². The molecule has 6 atom stereocenters. The Hall–Kier alpha value is -1.55. The minimum absolute atomic E-state index is 0.157. The average Bonchev–Trinajstić information content (AvgIpc) is 2.78. The average molecular weight is 330 g/mol. The second-order valence-corrected chi connectivity index (χ2v) is 8.17. The highest BCUT2D eigenvalue weighted by molar-refractivity contribution is 5.66. The van der Waals surface area contributed by atoms with Gasteiger partial charge in [-0.25, -0.2) is 0 Å². The first-order valence-corrected chi connectivity index (χ1v) is 9.07. The van der Waals surface area contributed by atoms with Crippen molar-refractivity contribution >= 4 is 5.97 Å². The third-order valence-corrected chi connectivity index (χ3v) is 6.98. The van der Waals surface area contributed by atoms with E-state index in [4.69, 9.17) is 4.74 Å². The first kappa shape index (κ1) is 15.9. The minimum atomic E-state index is -0.562. The zero-order valence-corrected chi connectivity index (χ0v) is 14.4. The summed E-state index contributed by atoms with van der Waals surface area (Å²) in [5, 5.41) is 20.6. The third-order valence-electron chi connectivity index (χ3n) is 6.98. The number of fused-ring (bicyclic) bond motifs is 5. The molecule has 1 aromatic carbocycles. The molecule has 4 rings (SSSR count). The SMILES string of the molecule is CC(=O)O[C@@H]1C[C@H]2[C@@H]3CCc4cc(O)ccc4[C@H]3CC[C@]2(C)[C@H]1O. The van der Waals surface area contributed by atoms with Crippen LogP contribution >= 0.6 is 0 Å². The van der Waals surface area contributed by atoms with Gasteiger partial charge in [0.25, 0.3) is 0 Å². The number of ether oxygens (including phenoxy) is 1. The smallest absolute Gasteiger partial charge is 0.302 e. The number of carbonyl (C=O) groups is 1. The topological polar surface area (TPSA) is 66.8 Å². The van der Waals surface area contributed by atoms with Crippen LogP contribution in [0.25, 0.3) is 0 Å². The lowest BCUT2D eigenvalue weighted by molar-refractivity contribution is -0.153. The summed E-state index contributed by atoms with van der Waals surface area (Å²) in [7, 11) is 0. The summed E-state index contributed by atoms with van der Waals surface area (Å²) in [5.41, 5.74) is 2.49. The Morgan fingerprint density at radius 1 is 1.33 bits per heavy atom. The number of hydrogen-bond donors (Lipinski definition) is 2. The van der Waals surface area contributed by atoms with Gasteiger partial charge in [0.1, 0.15) is 11.9 Å². The molecule has 4 nitrogen and oxygen atoms in total. The molecular formula is C20H26O4.